The number of alkyl halides is 2. The van der Waals surface area contributed by atoms with Gasteiger partial charge in [0, 0.05) is 16.7 Å². The zero-order valence-corrected chi connectivity index (χ0v) is 10.5. The smallest absolute Gasteiger partial charge is 0.288 e. The summed E-state index contributed by atoms with van der Waals surface area (Å²) in [5, 5.41) is 0. The zero-order valence-electron chi connectivity index (χ0n) is 9.73. The highest BCUT2D eigenvalue weighted by Gasteiger charge is 2.07. The van der Waals surface area contributed by atoms with E-state index in [2.05, 4.69) is 4.98 Å². The van der Waals surface area contributed by atoms with Crippen molar-refractivity contribution >= 4 is 17.6 Å². The Morgan fingerprint density at radius 1 is 1.22 bits per heavy atom. The van der Waals surface area contributed by atoms with Crippen LogP contribution in [0.1, 0.15) is 5.56 Å². The lowest BCUT2D eigenvalue weighted by molar-refractivity contribution is 0.252. The molecule has 94 valence electrons. The Labute approximate surface area is 108 Å². The number of aryl methyl sites for hydroxylation is 1. The molecule has 0 aliphatic carbocycles. The summed E-state index contributed by atoms with van der Waals surface area (Å²) < 4.78 is 24.4. The van der Waals surface area contributed by atoms with Crippen molar-refractivity contribution in [3.63, 3.8) is 0 Å². The minimum atomic E-state index is -2.39. The predicted molar refractivity (Wildman–Crippen MR) is 70.7 cm³/mol. The lowest BCUT2D eigenvalue weighted by atomic mass is 10.0. The molecular weight excluding hydrogens is 254 g/mol. The minimum absolute atomic E-state index is 0.473. The van der Waals surface area contributed by atoms with Crippen LogP contribution in [0.25, 0.3) is 11.1 Å². The topological polar surface area (TPSA) is 38.9 Å². The van der Waals surface area contributed by atoms with Crippen LogP contribution in [0.5, 0.6) is 0 Å². The van der Waals surface area contributed by atoms with E-state index in [4.69, 9.17) is 5.73 Å². The molecule has 18 heavy (non-hydrogen) atoms. The van der Waals surface area contributed by atoms with E-state index in [1.54, 1.807) is 24.4 Å². The lowest BCUT2D eigenvalue weighted by Crippen LogP contribution is -1.92. The highest BCUT2D eigenvalue weighted by molar-refractivity contribution is 7.99. The second kappa shape index (κ2) is 5.35. The third-order valence-electron chi connectivity index (χ3n) is 2.52. The van der Waals surface area contributed by atoms with E-state index in [-0.39, 0.29) is 0 Å². The van der Waals surface area contributed by atoms with Crippen molar-refractivity contribution in [1.82, 2.24) is 4.98 Å². The molecule has 1 aromatic carbocycles. The summed E-state index contributed by atoms with van der Waals surface area (Å²) >= 11 is 0.540. The third-order valence-corrected chi connectivity index (χ3v) is 3.24. The van der Waals surface area contributed by atoms with Crippen molar-refractivity contribution in [2.45, 2.75) is 17.6 Å². The molecule has 0 radical (unpaired) electrons. The van der Waals surface area contributed by atoms with Crippen molar-refractivity contribution in [1.29, 1.82) is 0 Å². The van der Waals surface area contributed by atoms with Gasteiger partial charge in [-0.2, -0.15) is 8.78 Å². The standard InChI is InChI=1S/C13H12F2N2S/c1-8-6-12(16)17-7-11(8)9-2-4-10(5-3-9)18-13(14)15/h2-7,13H,1H3,(H2,16,17). The first-order chi connectivity index (χ1) is 8.56. The molecule has 0 atom stereocenters. The van der Waals surface area contributed by atoms with Gasteiger partial charge in [-0.1, -0.05) is 23.9 Å². The molecule has 0 bridgehead atoms. The van der Waals surface area contributed by atoms with Crippen LogP contribution < -0.4 is 5.73 Å². The zero-order chi connectivity index (χ0) is 13.1. The van der Waals surface area contributed by atoms with Crippen LogP contribution in [0.15, 0.2) is 41.4 Å². The SMILES string of the molecule is Cc1cc(N)ncc1-c1ccc(SC(F)F)cc1. The Hall–Kier alpha value is -1.62. The largest absolute Gasteiger partial charge is 0.384 e. The van der Waals surface area contributed by atoms with Gasteiger partial charge in [0.25, 0.3) is 5.76 Å². The van der Waals surface area contributed by atoms with E-state index in [0.29, 0.717) is 22.5 Å². The lowest BCUT2D eigenvalue weighted by Gasteiger charge is -2.07. The molecule has 2 rings (SSSR count). The molecule has 0 aliphatic heterocycles. The molecular formula is C13H12F2N2S. The number of hydrogen-bond acceptors (Lipinski definition) is 3. The van der Waals surface area contributed by atoms with Crippen molar-refractivity contribution in [2.24, 2.45) is 0 Å². The van der Waals surface area contributed by atoms with Crippen LogP contribution >= 0.6 is 11.8 Å². The van der Waals surface area contributed by atoms with E-state index in [0.717, 1.165) is 16.7 Å². The molecule has 0 amide bonds. The number of nitrogen functional groups attached to an aromatic ring is 1. The number of nitrogens with zero attached hydrogens (tertiary/aromatic N) is 1. The molecule has 1 aromatic heterocycles. The maximum absolute atomic E-state index is 12.2. The van der Waals surface area contributed by atoms with Gasteiger partial charge in [0.1, 0.15) is 5.82 Å². The van der Waals surface area contributed by atoms with Crippen molar-refractivity contribution in [2.75, 3.05) is 5.73 Å². The molecule has 2 N–H and O–H groups in total. The fourth-order valence-corrected chi connectivity index (χ4v) is 2.19. The van der Waals surface area contributed by atoms with E-state index >= 15 is 0 Å². The van der Waals surface area contributed by atoms with Gasteiger partial charge in [0.2, 0.25) is 0 Å². The number of thioether (sulfide) groups is 1. The van der Waals surface area contributed by atoms with Gasteiger partial charge in [0.15, 0.2) is 0 Å². The van der Waals surface area contributed by atoms with Crippen molar-refractivity contribution in [3.05, 3.63) is 42.1 Å². The Morgan fingerprint density at radius 3 is 2.44 bits per heavy atom. The average molecular weight is 266 g/mol. The number of rotatable bonds is 3. The van der Waals surface area contributed by atoms with Gasteiger partial charge < -0.3 is 5.73 Å². The monoisotopic (exact) mass is 266 g/mol. The Morgan fingerprint density at radius 2 is 1.89 bits per heavy atom. The highest BCUT2D eigenvalue weighted by atomic mass is 32.2. The first-order valence-electron chi connectivity index (χ1n) is 5.33. The Kier molecular flexibility index (Phi) is 3.81. The Balaban J connectivity index is 2.28. The predicted octanol–water partition coefficient (Wildman–Crippen LogP) is 3.95. The second-order valence-corrected chi connectivity index (χ2v) is 4.89. The molecule has 0 saturated heterocycles. The fraction of sp³-hybridized carbons (Fsp3) is 0.154. The molecule has 0 fully saturated rings. The second-order valence-electron chi connectivity index (χ2n) is 3.83. The summed E-state index contributed by atoms with van der Waals surface area (Å²) in [6, 6.07) is 8.77. The molecule has 5 heteroatoms. The normalized spacial score (nSPS) is 10.9. The minimum Gasteiger partial charge on any atom is -0.384 e. The summed E-state index contributed by atoms with van der Waals surface area (Å²) in [6.45, 7) is 1.94. The van der Waals surface area contributed by atoms with Gasteiger partial charge >= 0.3 is 0 Å². The molecule has 0 saturated carbocycles. The van der Waals surface area contributed by atoms with Gasteiger partial charge in [-0.15, -0.1) is 0 Å². The quantitative estimate of drug-likeness (QED) is 0.855. The highest BCUT2D eigenvalue weighted by Crippen LogP contribution is 2.29. The molecule has 0 spiro atoms. The average Bonchev–Trinajstić information content (AvgIpc) is 2.30. The van der Waals surface area contributed by atoms with Gasteiger partial charge in [-0.05, 0) is 36.2 Å². The van der Waals surface area contributed by atoms with E-state index in [1.165, 1.54) is 0 Å². The third kappa shape index (κ3) is 2.98. The summed E-state index contributed by atoms with van der Waals surface area (Å²) in [6.07, 6.45) is 1.69. The van der Waals surface area contributed by atoms with E-state index in [9.17, 15) is 8.78 Å². The van der Waals surface area contributed by atoms with Crippen LogP contribution in [0.4, 0.5) is 14.6 Å². The maximum Gasteiger partial charge on any atom is 0.288 e. The molecule has 0 unspecified atom stereocenters. The number of anilines is 1. The number of pyridine rings is 1. The van der Waals surface area contributed by atoms with Crippen LogP contribution in [0.3, 0.4) is 0 Å². The number of aromatic nitrogens is 1. The van der Waals surface area contributed by atoms with Gasteiger partial charge in [-0.3, -0.25) is 0 Å². The Bertz CT molecular complexity index is 541. The van der Waals surface area contributed by atoms with Crippen LogP contribution in [-0.4, -0.2) is 10.7 Å². The summed E-state index contributed by atoms with van der Waals surface area (Å²) in [5.74, 6) is -1.92. The number of hydrogen-bond donors (Lipinski definition) is 1. The van der Waals surface area contributed by atoms with Crippen LogP contribution in [-0.2, 0) is 0 Å². The van der Waals surface area contributed by atoms with Crippen molar-refractivity contribution < 1.29 is 8.78 Å². The first-order valence-corrected chi connectivity index (χ1v) is 6.21. The van der Waals surface area contributed by atoms with Crippen LogP contribution in [0.2, 0.25) is 0 Å². The summed E-state index contributed by atoms with van der Waals surface area (Å²) in [7, 11) is 0. The number of nitrogens with two attached hydrogens (primary N) is 1. The number of halogens is 2. The summed E-state index contributed by atoms with van der Waals surface area (Å²) in [5.41, 5.74) is 8.50. The molecule has 2 nitrogen and oxygen atoms in total. The van der Waals surface area contributed by atoms with Crippen LogP contribution in [0, 0.1) is 6.92 Å². The van der Waals surface area contributed by atoms with Gasteiger partial charge in [-0.25, -0.2) is 4.98 Å². The van der Waals surface area contributed by atoms with E-state index in [1.807, 2.05) is 19.1 Å². The molecule has 1 heterocycles. The van der Waals surface area contributed by atoms with Crippen molar-refractivity contribution in [3.8, 4) is 11.1 Å². The van der Waals surface area contributed by atoms with Gasteiger partial charge in [0.05, 0.1) is 0 Å². The first kappa shape index (κ1) is 12.8. The van der Waals surface area contributed by atoms with E-state index < -0.39 is 5.76 Å². The molecule has 0 aliphatic rings. The molecule has 2 aromatic rings. The maximum atomic E-state index is 12.2. The number of benzene rings is 1. The fourth-order valence-electron chi connectivity index (χ4n) is 1.70. The summed E-state index contributed by atoms with van der Waals surface area (Å²) in [4.78, 5) is 4.59.